The van der Waals surface area contributed by atoms with Crippen LogP contribution in [0.25, 0.3) is 0 Å². The van der Waals surface area contributed by atoms with Crippen LogP contribution in [0.15, 0.2) is 72.8 Å². The lowest BCUT2D eigenvalue weighted by Gasteiger charge is -2.47. The molecule has 3 aromatic rings. The van der Waals surface area contributed by atoms with Gasteiger partial charge in [-0.15, -0.1) is 0 Å². The third kappa shape index (κ3) is 5.35. The van der Waals surface area contributed by atoms with Crippen molar-refractivity contribution in [1.29, 1.82) is 5.26 Å². The molecule has 4 atom stereocenters. The second-order valence-electron chi connectivity index (χ2n) is 9.47. The predicted molar refractivity (Wildman–Crippen MR) is 139 cm³/mol. The molecule has 1 saturated heterocycles. The number of amides is 1. The highest BCUT2D eigenvalue weighted by Gasteiger charge is 2.52. The first-order chi connectivity index (χ1) is 17.9. The molecule has 0 spiro atoms. The number of aliphatic carboxylic acids is 1. The number of hydrogen-bond donors (Lipinski definition) is 1. The van der Waals surface area contributed by atoms with Crippen LogP contribution in [-0.2, 0) is 20.7 Å². The SMILES string of the molecule is N#Cc1ccc(C[C@H]2O[C@H](c3ccc(Cl)cc3)[C@H](c3ccc(Cl)cc3)N(C(C(=O)O)C3CC3)C2=O)cc1. The van der Waals surface area contributed by atoms with E-state index in [1.165, 1.54) is 4.90 Å². The van der Waals surface area contributed by atoms with Crippen LogP contribution in [-0.4, -0.2) is 34.0 Å². The number of halogens is 2. The smallest absolute Gasteiger partial charge is 0.326 e. The molecule has 0 aromatic heterocycles. The van der Waals surface area contributed by atoms with Gasteiger partial charge in [0.05, 0.1) is 17.7 Å². The van der Waals surface area contributed by atoms with Gasteiger partial charge in [-0.3, -0.25) is 4.79 Å². The first-order valence-corrected chi connectivity index (χ1v) is 12.8. The maximum Gasteiger partial charge on any atom is 0.326 e. The molecule has 1 unspecified atom stereocenters. The molecule has 6 nitrogen and oxygen atoms in total. The molecule has 37 heavy (non-hydrogen) atoms. The molecule has 1 saturated carbocycles. The summed E-state index contributed by atoms with van der Waals surface area (Å²) >= 11 is 12.3. The van der Waals surface area contributed by atoms with Gasteiger partial charge in [-0.05, 0) is 71.8 Å². The van der Waals surface area contributed by atoms with Crippen LogP contribution in [0.3, 0.4) is 0 Å². The van der Waals surface area contributed by atoms with Crippen LogP contribution >= 0.6 is 23.2 Å². The van der Waals surface area contributed by atoms with E-state index in [2.05, 4.69) is 6.07 Å². The van der Waals surface area contributed by atoms with Crippen LogP contribution in [0.1, 0.15) is 47.2 Å². The van der Waals surface area contributed by atoms with Gasteiger partial charge in [-0.2, -0.15) is 5.26 Å². The summed E-state index contributed by atoms with van der Waals surface area (Å²) in [4.78, 5) is 28.2. The molecular formula is C29H24Cl2N2O4. The van der Waals surface area contributed by atoms with Crippen LogP contribution in [0.2, 0.25) is 10.0 Å². The molecule has 2 fully saturated rings. The fraction of sp³-hybridized carbons (Fsp3) is 0.276. The average molecular weight is 535 g/mol. The molecular weight excluding hydrogens is 511 g/mol. The van der Waals surface area contributed by atoms with Crippen LogP contribution < -0.4 is 0 Å². The van der Waals surface area contributed by atoms with Crippen molar-refractivity contribution in [2.75, 3.05) is 0 Å². The summed E-state index contributed by atoms with van der Waals surface area (Å²) in [6.07, 6.45) is 0.204. The van der Waals surface area contributed by atoms with Gasteiger partial charge in [0.15, 0.2) is 0 Å². The highest BCUT2D eigenvalue weighted by molar-refractivity contribution is 6.30. The van der Waals surface area contributed by atoms with Crippen molar-refractivity contribution >= 4 is 35.1 Å². The Bertz CT molecular complexity index is 1330. The van der Waals surface area contributed by atoms with Crippen molar-refractivity contribution in [3.63, 3.8) is 0 Å². The molecule has 0 bridgehead atoms. The maximum absolute atomic E-state index is 14.1. The summed E-state index contributed by atoms with van der Waals surface area (Å²) in [7, 11) is 0. The number of ether oxygens (including phenoxy) is 1. The van der Waals surface area contributed by atoms with E-state index in [1.807, 2.05) is 24.3 Å². The summed E-state index contributed by atoms with van der Waals surface area (Å²) in [5.41, 5.74) is 2.85. The van der Waals surface area contributed by atoms with E-state index in [1.54, 1.807) is 48.5 Å². The summed E-state index contributed by atoms with van der Waals surface area (Å²) in [6.45, 7) is 0. The van der Waals surface area contributed by atoms with Crippen molar-refractivity contribution in [3.8, 4) is 6.07 Å². The fourth-order valence-electron chi connectivity index (χ4n) is 5.00. The van der Waals surface area contributed by atoms with E-state index in [9.17, 15) is 14.7 Å². The minimum absolute atomic E-state index is 0.115. The molecule has 5 rings (SSSR count). The second kappa shape index (κ2) is 10.5. The topological polar surface area (TPSA) is 90.6 Å². The number of nitriles is 1. The Morgan fingerprint density at radius 2 is 1.54 bits per heavy atom. The van der Waals surface area contributed by atoms with E-state index in [0.29, 0.717) is 15.6 Å². The summed E-state index contributed by atoms with van der Waals surface area (Å²) in [5, 5.41) is 20.5. The molecule has 2 aliphatic rings. The largest absolute Gasteiger partial charge is 0.480 e. The third-order valence-corrected chi connectivity index (χ3v) is 7.47. The average Bonchev–Trinajstić information content (AvgIpc) is 3.73. The third-order valence-electron chi connectivity index (χ3n) is 6.96. The Kier molecular flexibility index (Phi) is 7.21. The number of rotatable bonds is 7. The Morgan fingerprint density at radius 1 is 0.973 bits per heavy atom. The quantitative estimate of drug-likeness (QED) is 0.402. The van der Waals surface area contributed by atoms with E-state index in [0.717, 1.165) is 29.5 Å². The first-order valence-electron chi connectivity index (χ1n) is 12.1. The molecule has 1 aliphatic heterocycles. The Morgan fingerprint density at radius 3 is 2.05 bits per heavy atom. The van der Waals surface area contributed by atoms with E-state index < -0.39 is 30.3 Å². The molecule has 1 N–H and O–H groups in total. The fourth-order valence-corrected chi connectivity index (χ4v) is 5.25. The molecule has 1 heterocycles. The molecule has 0 radical (unpaired) electrons. The summed E-state index contributed by atoms with van der Waals surface area (Å²) in [6, 6.07) is 21.7. The summed E-state index contributed by atoms with van der Waals surface area (Å²) < 4.78 is 6.52. The molecule has 188 valence electrons. The summed E-state index contributed by atoms with van der Waals surface area (Å²) in [5.74, 6) is -1.51. The van der Waals surface area contributed by atoms with Crippen molar-refractivity contribution in [1.82, 2.24) is 4.90 Å². The number of hydrogen-bond acceptors (Lipinski definition) is 4. The molecule has 1 aliphatic carbocycles. The van der Waals surface area contributed by atoms with Gasteiger partial charge in [0.1, 0.15) is 18.2 Å². The number of carbonyl (C=O) groups excluding carboxylic acids is 1. The van der Waals surface area contributed by atoms with Gasteiger partial charge in [-0.25, -0.2) is 4.79 Å². The Hall–Kier alpha value is -3.37. The van der Waals surface area contributed by atoms with Crippen LogP contribution in [0, 0.1) is 17.2 Å². The predicted octanol–water partition coefficient (Wildman–Crippen LogP) is 5.98. The van der Waals surface area contributed by atoms with Gasteiger partial charge < -0.3 is 14.7 Å². The van der Waals surface area contributed by atoms with E-state index >= 15 is 0 Å². The number of benzene rings is 3. The normalized spacial score (nSPS) is 22.4. The maximum atomic E-state index is 14.1. The Balaban J connectivity index is 1.61. The Labute approximate surface area is 225 Å². The number of carbonyl (C=O) groups is 2. The zero-order valence-corrected chi connectivity index (χ0v) is 21.3. The lowest BCUT2D eigenvalue weighted by atomic mass is 9.88. The lowest BCUT2D eigenvalue weighted by Crippen LogP contribution is -2.58. The number of morpholine rings is 1. The number of carboxylic acids is 1. The standard InChI is InChI=1S/C29H24Cl2N2O4/c30-22-11-7-19(8-12-22)25-27(21-9-13-23(31)14-10-21)37-24(15-17-1-3-18(16-32)4-2-17)28(34)33(25)26(29(35)36)20-5-6-20/h1-4,7-14,20,24-27H,5-6,15H2,(H,35,36)/t24-,25+,26?,27-/m1/s1. The minimum Gasteiger partial charge on any atom is -0.480 e. The zero-order chi connectivity index (χ0) is 26.1. The van der Waals surface area contributed by atoms with E-state index in [-0.39, 0.29) is 18.2 Å². The van der Waals surface area contributed by atoms with E-state index in [4.69, 9.17) is 33.2 Å². The lowest BCUT2D eigenvalue weighted by molar-refractivity contribution is -0.185. The monoisotopic (exact) mass is 534 g/mol. The molecule has 3 aromatic carbocycles. The van der Waals surface area contributed by atoms with Gasteiger partial charge in [-0.1, -0.05) is 59.6 Å². The second-order valence-corrected chi connectivity index (χ2v) is 10.3. The van der Waals surface area contributed by atoms with Crippen molar-refractivity contribution in [3.05, 3.63) is 105 Å². The molecule has 8 heteroatoms. The number of nitrogens with zero attached hydrogens (tertiary/aromatic N) is 2. The minimum atomic E-state index is -1.02. The van der Waals surface area contributed by atoms with Gasteiger partial charge >= 0.3 is 5.97 Å². The van der Waals surface area contributed by atoms with Gasteiger partial charge in [0.2, 0.25) is 0 Å². The van der Waals surface area contributed by atoms with Crippen molar-refractivity contribution in [2.45, 2.75) is 43.6 Å². The van der Waals surface area contributed by atoms with Crippen molar-refractivity contribution < 1.29 is 19.4 Å². The molecule has 1 amide bonds. The highest BCUT2D eigenvalue weighted by atomic mass is 35.5. The van der Waals surface area contributed by atoms with Gasteiger partial charge in [0, 0.05) is 16.5 Å². The highest BCUT2D eigenvalue weighted by Crippen LogP contribution is 2.47. The first kappa shape index (κ1) is 25.3. The van der Waals surface area contributed by atoms with Crippen LogP contribution in [0.4, 0.5) is 0 Å². The zero-order valence-electron chi connectivity index (χ0n) is 19.8. The van der Waals surface area contributed by atoms with Crippen LogP contribution in [0.5, 0.6) is 0 Å². The van der Waals surface area contributed by atoms with Crippen molar-refractivity contribution in [2.24, 2.45) is 5.92 Å². The number of carboxylic acid groups (broad SMARTS) is 1. The van der Waals surface area contributed by atoms with Gasteiger partial charge in [0.25, 0.3) is 5.91 Å².